The molecule has 3 rings (SSSR count). The van der Waals surface area contributed by atoms with Crippen molar-refractivity contribution in [1.82, 2.24) is 9.97 Å². The highest BCUT2D eigenvalue weighted by atomic mass is 19.4. The van der Waals surface area contributed by atoms with Crippen molar-refractivity contribution in [3.63, 3.8) is 0 Å². The molecule has 1 aliphatic carbocycles. The number of halogens is 3. The summed E-state index contributed by atoms with van der Waals surface area (Å²) in [5.41, 5.74) is 1.55. The highest BCUT2D eigenvalue weighted by molar-refractivity contribution is 6.01. The molecular formula is C22H24F3N5O. The number of hydrogen-bond donors (Lipinski definition) is 3. The lowest BCUT2D eigenvalue weighted by Gasteiger charge is -2.25. The number of carbonyl (C=O) groups is 1. The maximum Gasteiger partial charge on any atom is 0.421 e. The van der Waals surface area contributed by atoms with Gasteiger partial charge in [-0.05, 0) is 56.4 Å². The van der Waals surface area contributed by atoms with E-state index in [4.69, 9.17) is 0 Å². The van der Waals surface area contributed by atoms with E-state index >= 15 is 0 Å². The summed E-state index contributed by atoms with van der Waals surface area (Å²) in [6.45, 7) is 9.15. The van der Waals surface area contributed by atoms with Gasteiger partial charge in [-0.2, -0.15) is 18.2 Å². The van der Waals surface area contributed by atoms with E-state index in [1.807, 2.05) is 0 Å². The van der Waals surface area contributed by atoms with Gasteiger partial charge in [0.25, 0.3) is 0 Å². The first kappa shape index (κ1) is 22.3. The average Bonchev–Trinajstić information content (AvgIpc) is 2.71. The number of aryl methyl sites for hydroxylation is 1. The van der Waals surface area contributed by atoms with Crippen LogP contribution in [0.15, 0.2) is 49.2 Å². The average molecular weight is 431 g/mol. The molecular weight excluding hydrogens is 407 g/mol. The van der Waals surface area contributed by atoms with E-state index in [-0.39, 0.29) is 17.7 Å². The minimum atomic E-state index is -4.65. The topological polar surface area (TPSA) is 78.9 Å². The second-order valence-corrected chi connectivity index (χ2v) is 7.49. The lowest BCUT2D eigenvalue weighted by atomic mass is 9.92. The summed E-state index contributed by atoms with van der Waals surface area (Å²) in [7, 11) is 0. The highest BCUT2D eigenvalue weighted by Crippen LogP contribution is 2.37. The van der Waals surface area contributed by atoms with Gasteiger partial charge >= 0.3 is 6.18 Å². The first-order chi connectivity index (χ1) is 14.7. The van der Waals surface area contributed by atoms with Crippen LogP contribution >= 0.6 is 0 Å². The molecule has 1 saturated carbocycles. The molecule has 1 aromatic heterocycles. The van der Waals surface area contributed by atoms with E-state index in [1.54, 1.807) is 25.1 Å². The van der Waals surface area contributed by atoms with E-state index in [0.29, 0.717) is 5.69 Å². The SMILES string of the molecule is C=CC(=O)Nc1ccc(C)cc1Nc1nc(NC2CCC(=C)CC2)ncc1C(F)(F)F. The first-order valence-electron chi connectivity index (χ1n) is 9.84. The molecule has 1 heterocycles. The number of alkyl halides is 3. The molecule has 0 spiro atoms. The Hall–Kier alpha value is -3.36. The molecule has 164 valence electrons. The fourth-order valence-corrected chi connectivity index (χ4v) is 3.29. The Kier molecular flexibility index (Phi) is 6.62. The number of benzene rings is 1. The number of rotatable bonds is 6. The first-order valence-corrected chi connectivity index (χ1v) is 9.84. The third kappa shape index (κ3) is 5.84. The van der Waals surface area contributed by atoms with Crippen LogP contribution in [0.3, 0.4) is 0 Å². The van der Waals surface area contributed by atoms with Gasteiger partial charge in [0.1, 0.15) is 11.4 Å². The lowest BCUT2D eigenvalue weighted by Crippen LogP contribution is -2.24. The van der Waals surface area contributed by atoms with Crippen LogP contribution in [0.4, 0.5) is 36.3 Å². The fourth-order valence-electron chi connectivity index (χ4n) is 3.29. The zero-order valence-corrected chi connectivity index (χ0v) is 17.1. The molecule has 1 aliphatic rings. The molecule has 0 unspecified atom stereocenters. The molecule has 0 saturated heterocycles. The summed E-state index contributed by atoms with van der Waals surface area (Å²) >= 11 is 0. The van der Waals surface area contributed by atoms with Crippen LogP contribution in [0.1, 0.15) is 36.8 Å². The van der Waals surface area contributed by atoms with E-state index in [0.717, 1.165) is 43.5 Å². The number of amides is 1. The van der Waals surface area contributed by atoms with Gasteiger partial charge in [-0.1, -0.05) is 24.8 Å². The summed E-state index contributed by atoms with van der Waals surface area (Å²) in [4.78, 5) is 19.7. The molecule has 1 amide bonds. The predicted molar refractivity (Wildman–Crippen MR) is 115 cm³/mol. The molecule has 2 aromatic rings. The molecule has 6 nitrogen and oxygen atoms in total. The van der Waals surface area contributed by atoms with Crippen molar-refractivity contribution in [2.45, 2.75) is 44.8 Å². The summed E-state index contributed by atoms with van der Waals surface area (Å²) in [5.74, 6) is -0.769. The molecule has 0 atom stereocenters. The number of nitrogens with one attached hydrogen (secondary N) is 3. The van der Waals surface area contributed by atoms with Crippen molar-refractivity contribution >= 4 is 29.0 Å². The Labute approximate surface area is 178 Å². The standard InChI is InChI=1S/C22H24F3N5O/c1-4-19(31)28-17-10-7-14(3)11-18(17)29-20-16(22(23,24)25)12-26-21(30-20)27-15-8-5-13(2)6-9-15/h4,7,10-12,15H,1-2,5-6,8-9H2,3H3,(H,28,31)(H2,26,27,29,30). The summed E-state index contributed by atoms with van der Waals surface area (Å²) in [5, 5.41) is 8.43. The fraction of sp³-hybridized carbons (Fsp3) is 0.318. The Bertz CT molecular complexity index is 993. The van der Waals surface area contributed by atoms with E-state index in [2.05, 4.69) is 39.1 Å². The second-order valence-electron chi connectivity index (χ2n) is 7.49. The monoisotopic (exact) mass is 431 g/mol. The van der Waals surface area contributed by atoms with E-state index < -0.39 is 23.5 Å². The zero-order valence-electron chi connectivity index (χ0n) is 17.1. The number of anilines is 4. The van der Waals surface area contributed by atoms with Crippen LogP contribution in [0.25, 0.3) is 0 Å². The van der Waals surface area contributed by atoms with Crippen molar-refractivity contribution in [1.29, 1.82) is 0 Å². The van der Waals surface area contributed by atoms with Gasteiger partial charge in [0.2, 0.25) is 11.9 Å². The Morgan fingerprint density at radius 3 is 2.58 bits per heavy atom. The minimum absolute atomic E-state index is 0.0662. The molecule has 0 radical (unpaired) electrons. The lowest BCUT2D eigenvalue weighted by molar-refractivity contribution is -0.137. The number of allylic oxidation sites excluding steroid dienone is 1. The Morgan fingerprint density at radius 1 is 1.23 bits per heavy atom. The second kappa shape index (κ2) is 9.20. The van der Waals surface area contributed by atoms with Gasteiger partial charge < -0.3 is 16.0 Å². The van der Waals surface area contributed by atoms with Crippen LogP contribution in [0, 0.1) is 6.92 Å². The summed E-state index contributed by atoms with van der Waals surface area (Å²) in [6.07, 6.45) is 0.548. The molecule has 0 bridgehead atoms. The Morgan fingerprint density at radius 2 is 1.94 bits per heavy atom. The highest BCUT2D eigenvalue weighted by Gasteiger charge is 2.35. The summed E-state index contributed by atoms with van der Waals surface area (Å²) < 4.78 is 40.8. The van der Waals surface area contributed by atoms with Gasteiger partial charge in [0, 0.05) is 12.2 Å². The van der Waals surface area contributed by atoms with Gasteiger partial charge in [-0.25, -0.2) is 4.98 Å². The molecule has 3 N–H and O–H groups in total. The van der Waals surface area contributed by atoms with E-state index in [1.165, 1.54) is 5.57 Å². The van der Waals surface area contributed by atoms with Gasteiger partial charge in [-0.15, -0.1) is 0 Å². The van der Waals surface area contributed by atoms with Crippen molar-refractivity contribution in [2.75, 3.05) is 16.0 Å². The van der Waals surface area contributed by atoms with Crippen LogP contribution in [0.5, 0.6) is 0 Å². The normalized spacial score (nSPS) is 14.8. The molecule has 9 heteroatoms. The van der Waals surface area contributed by atoms with Crippen molar-refractivity contribution < 1.29 is 18.0 Å². The molecule has 1 aromatic carbocycles. The maximum atomic E-state index is 13.6. The molecule has 1 fully saturated rings. The van der Waals surface area contributed by atoms with Crippen LogP contribution in [0.2, 0.25) is 0 Å². The number of nitrogens with zero attached hydrogens (tertiary/aromatic N) is 2. The van der Waals surface area contributed by atoms with Crippen molar-refractivity contribution in [3.8, 4) is 0 Å². The zero-order chi connectivity index (χ0) is 22.6. The van der Waals surface area contributed by atoms with Crippen molar-refractivity contribution in [3.05, 3.63) is 60.3 Å². The maximum absolute atomic E-state index is 13.6. The molecule has 31 heavy (non-hydrogen) atoms. The van der Waals surface area contributed by atoms with Crippen molar-refractivity contribution in [2.24, 2.45) is 0 Å². The summed E-state index contributed by atoms with van der Waals surface area (Å²) in [6, 6.07) is 5.03. The smallest absolute Gasteiger partial charge is 0.351 e. The third-order valence-corrected chi connectivity index (χ3v) is 4.99. The van der Waals surface area contributed by atoms with Gasteiger partial charge in [0.05, 0.1) is 11.4 Å². The number of hydrogen-bond acceptors (Lipinski definition) is 5. The number of aromatic nitrogens is 2. The van der Waals surface area contributed by atoms with Gasteiger partial charge in [0.15, 0.2) is 0 Å². The minimum Gasteiger partial charge on any atom is -0.351 e. The van der Waals surface area contributed by atoms with Gasteiger partial charge in [-0.3, -0.25) is 4.79 Å². The third-order valence-electron chi connectivity index (χ3n) is 4.99. The predicted octanol–water partition coefficient (Wildman–Crippen LogP) is 5.58. The van der Waals surface area contributed by atoms with E-state index in [9.17, 15) is 18.0 Å². The largest absolute Gasteiger partial charge is 0.421 e. The number of carbonyl (C=O) groups excluding carboxylic acids is 1. The van der Waals surface area contributed by atoms with Crippen LogP contribution < -0.4 is 16.0 Å². The Balaban J connectivity index is 1.93. The van der Waals surface area contributed by atoms with Crippen LogP contribution in [-0.2, 0) is 11.0 Å². The molecule has 0 aliphatic heterocycles. The quantitative estimate of drug-likeness (QED) is 0.411. The van der Waals surface area contributed by atoms with Crippen LogP contribution in [-0.4, -0.2) is 21.9 Å².